The predicted octanol–water partition coefficient (Wildman–Crippen LogP) is 1.41. The fourth-order valence-corrected chi connectivity index (χ4v) is 1.62. The van der Waals surface area contributed by atoms with E-state index >= 15 is 0 Å². The van der Waals surface area contributed by atoms with Gasteiger partial charge in [-0.05, 0) is 18.7 Å². The number of rotatable bonds is 7. The smallest absolute Gasteiger partial charge is 0.322 e. The molecule has 0 bridgehead atoms. The van der Waals surface area contributed by atoms with E-state index in [1.54, 1.807) is 6.92 Å². The van der Waals surface area contributed by atoms with Crippen molar-refractivity contribution in [2.24, 2.45) is 0 Å². The molecular formula is C13H17ClF2N2O3. The first kappa shape index (κ1) is 19.3. The van der Waals surface area contributed by atoms with Gasteiger partial charge in [-0.1, -0.05) is 13.0 Å². The third kappa shape index (κ3) is 6.50. The Labute approximate surface area is 127 Å². The summed E-state index contributed by atoms with van der Waals surface area (Å²) in [6.07, 6.45) is 0. The van der Waals surface area contributed by atoms with E-state index in [-0.39, 0.29) is 31.1 Å². The molecule has 0 atom stereocenters. The molecule has 0 aliphatic rings. The summed E-state index contributed by atoms with van der Waals surface area (Å²) in [5.74, 6) is -3.00. The third-order valence-electron chi connectivity index (χ3n) is 2.69. The fraction of sp³-hybridized carbons (Fsp3) is 0.385. The number of likely N-dealkylation sites (N-methyl/N-ethyl adjacent to an activating group) is 1. The van der Waals surface area contributed by atoms with Crippen LogP contribution in [0.15, 0.2) is 18.2 Å². The van der Waals surface area contributed by atoms with Crippen molar-refractivity contribution in [3.05, 3.63) is 35.4 Å². The number of hydrogen-bond donors (Lipinski definition) is 2. The van der Waals surface area contributed by atoms with Crippen molar-refractivity contribution in [3.63, 3.8) is 0 Å². The molecule has 0 unspecified atom stereocenters. The van der Waals surface area contributed by atoms with Crippen LogP contribution in [0.1, 0.15) is 12.5 Å². The highest BCUT2D eigenvalue weighted by Gasteiger charge is 2.15. The zero-order valence-electron chi connectivity index (χ0n) is 11.4. The van der Waals surface area contributed by atoms with Crippen LogP contribution in [-0.4, -0.2) is 41.5 Å². The Morgan fingerprint density at radius 1 is 1.29 bits per heavy atom. The molecule has 0 saturated heterocycles. The van der Waals surface area contributed by atoms with E-state index in [2.05, 4.69) is 5.32 Å². The van der Waals surface area contributed by atoms with Crippen molar-refractivity contribution >= 4 is 24.3 Å². The maximum Gasteiger partial charge on any atom is 0.322 e. The average molecular weight is 323 g/mol. The summed E-state index contributed by atoms with van der Waals surface area (Å²) < 4.78 is 27.0. The van der Waals surface area contributed by atoms with E-state index in [0.29, 0.717) is 6.54 Å². The lowest BCUT2D eigenvalue weighted by molar-refractivity contribution is -0.138. The van der Waals surface area contributed by atoms with Gasteiger partial charge in [0.15, 0.2) is 0 Å². The van der Waals surface area contributed by atoms with Gasteiger partial charge in [-0.25, -0.2) is 8.78 Å². The van der Waals surface area contributed by atoms with Gasteiger partial charge in [0.25, 0.3) is 0 Å². The molecule has 8 heteroatoms. The summed E-state index contributed by atoms with van der Waals surface area (Å²) in [7, 11) is 0. The number of amides is 1. The Morgan fingerprint density at radius 3 is 2.33 bits per heavy atom. The van der Waals surface area contributed by atoms with Gasteiger partial charge >= 0.3 is 5.97 Å². The minimum atomic E-state index is -1.15. The first-order chi connectivity index (χ1) is 9.43. The second kappa shape index (κ2) is 9.25. The Morgan fingerprint density at radius 2 is 1.86 bits per heavy atom. The number of carboxylic acid groups (broad SMARTS) is 1. The maximum absolute atomic E-state index is 13.5. The molecule has 5 nitrogen and oxygen atoms in total. The van der Waals surface area contributed by atoms with E-state index in [9.17, 15) is 18.4 Å². The molecule has 0 heterocycles. The van der Waals surface area contributed by atoms with Gasteiger partial charge in [-0.15, -0.1) is 12.4 Å². The Balaban J connectivity index is 0.00000400. The summed E-state index contributed by atoms with van der Waals surface area (Å²) in [4.78, 5) is 23.3. The van der Waals surface area contributed by atoms with Crippen molar-refractivity contribution in [2.45, 2.75) is 13.5 Å². The Kier molecular flexibility index (Phi) is 8.49. The normalized spacial score (nSPS) is 10.1. The van der Waals surface area contributed by atoms with E-state index in [1.807, 2.05) is 0 Å². The van der Waals surface area contributed by atoms with Crippen LogP contribution in [0.5, 0.6) is 0 Å². The zero-order chi connectivity index (χ0) is 15.1. The van der Waals surface area contributed by atoms with Crippen LogP contribution in [-0.2, 0) is 16.1 Å². The summed E-state index contributed by atoms with van der Waals surface area (Å²) in [5, 5.41) is 10.6. The van der Waals surface area contributed by atoms with Crippen LogP contribution < -0.4 is 5.32 Å². The van der Waals surface area contributed by atoms with Crippen LogP contribution in [0.2, 0.25) is 0 Å². The van der Waals surface area contributed by atoms with Gasteiger partial charge in [0.05, 0.1) is 6.54 Å². The minimum absolute atomic E-state index is 0. The minimum Gasteiger partial charge on any atom is -0.480 e. The second-order valence-corrected chi connectivity index (χ2v) is 4.17. The van der Waals surface area contributed by atoms with Crippen molar-refractivity contribution in [1.82, 2.24) is 10.2 Å². The number of hydrogen-bond acceptors (Lipinski definition) is 3. The molecule has 21 heavy (non-hydrogen) atoms. The lowest BCUT2D eigenvalue weighted by Crippen LogP contribution is -2.39. The van der Waals surface area contributed by atoms with Crippen molar-refractivity contribution in [3.8, 4) is 0 Å². The molecule has 1 amide bonds. The highest BCUT2D eigenvalue weighted by atomic mass is 35.5. The molecule has 0 aliphatic carbocycles. The van der Waals surface area contributed by atoms with Crippen LogP contribution in [0.4, 0.5) is 8.78 Å². The van der Waals surface area contributed by atoms with Crippen LogP contribution in [0.3, 0.4) is 0 Å². The van der Waals surface area contributed by atoms with Gasteiger partial charge in [0, 0.05) is 12.1 Å². The lowest BCUT2D eigenvalue weighted by atomic mass is 10.2. The number of nitrogens with zero attached hydrogens (tertiary/aromatic N) is 1. The van der Waals surface area contributed by atoms with Crippen LogP contribution in [0, 0.1) is 11.6 Å². The molecule has 2 N–H and O–H groups in total. The highest BCUT2D eigenvalue weighted by molar-refractivity contribution is 5.85. The number of aliphatic carboxylic acids is 1. The Hall–Kier alpha value is -1.73. The first-order valence-corrected chi connectivity index (χ1v) is 6.07. The Bertz CT molecular complexity index is 480. The highest BCUT2D eigenvalue weighted by Crippen LogP contribution is 2.14. The van der Waals surface area contributed by atoms with Crippen molar-refractivity contribution in [2.75, 3.05) is 19.6 Å². The number of carboxylic acids is 1. The first-order valence-electron chi connectivity index (χ1n) is 6.07. The van der Waals surface area contributed by atoms with E-state index in [4.69, 9.17) is 5.11 Å². The molecule has 1 aromatic carbocycles. The maximum atomic E-state index is 13.5. The monoisotopic (exact) mass is 322 g/mol. The molecule has 0 radical (unpaired) electrons. The summed E-state index contributed by atoms with van der Waals surface area (Å²) in [5.41, 5.74) is -0.111. The van der Waals surface area contributed by atoms with Crippen LogP contribution >= 0.6 is 12.4 Å². The lowest BCUT2D eigenvalue weighted by Gasteiger charge is -2.20. The number of carbonyl (C=O) groups excluding carboxylic acids is 1. The molecular weight excluding hydrogens is 306 g/mol. The molecule has 118 valence electrons. The number of carbonyl (C=O) groups is 2. The number of benzene rings is 1. The van der Waals surface area contributed by atoms with Gasteiger partial charge in [0.2, 0.25) is 5.91 Å². The van der Waals surface area contributed by atoms with E-state index in [1.165, 1.54) is 11.0 Å². The predicted molar refractivity (Wildman–Crippen MR) is 75.2 cm³/mol. The molecule has 1 aromatic rings. The SMILES string of the molecule is CCN(CC(=O)NCC(=O)O)Cc1c(F)cccc1F.Cl. The number of nitrogens with one attached hydrogen (secondary N) is 1. The quantitative estimate of drug-likeness (QED) is 0.796. The topological polar surface area (TPSA) is 69.6 Å². The van der Waals surface area contributed by atoms with Gasteiger partial charge in [0.1, 0.15) is 18.2 Å². The van der Waals surface area contributed by atoms with Gasteiger partial charge in [-0.2, -0.15) is 0 Å². The van der Waals surface area contributed by atoms with Gasteiger partial charge < -0.3 is 10.4 Å². The fourth-order valence-electron chi connectivity index (χ4n) is 1.62. The second-order valence-electron chi connectivity index (χ2n) is 4.17. The molecule has 0 aliphatic heterocycles. The van der Waals surface area contributed by atoms with Crippen molar-refractivity contribution < 1.29 is 23.5 Å². The zero-order valence-corrected chi connectivity index (χ0v) is 12.3. The molecule has 1 rings (SSSR count). The molecule has 0 saturated carbocycles. The van der Waals surface area contributed by atoms with E-state index < -0.39 is 30.1 Å². The largest absolute Gasteiger partial charge is 0.480 e. The van der Waals surface area contributed by atoms with E-state index in [0.717, 1.165) is 12.1 Å². The molecule has 0 spiro atoms. The number of halogens is 3. The summed E-state index contributed by atoms with van der Waals surface area (Å²) in [6.45, 7) is 1.47. The summed E-state index contributed by atoms with van der Waals surface area (Å²) in [6, 6.07) is 3.57. The van der Waals surface area contributed by atoms with Gasteiger partial charge in [-0.3, -0.25) is 14.5 Å². The molecule has 0 fully saturated rings. The average Bonchev–Trinajstić information content (AvgIpc) is 2.39. The summed E-state index contributed by atoms with van der Waals surface area (Å²) >= 11 is 0. The van der Waals surface area contributed by atoms with Crippen LogP contribution in [0.25, 0.3) is 0 Å². The molecule has 0 aromatic heterocycles. The third-order valence-corrected chi connectivity index (χ3v) is 2.69. The van der Waals surface area contributed by atoms with Crippen molar-refractivity contribution in [1.29, 1.82) is 0 Å². The standard InChI is InChI=1S/C13H16F2N2O3.ClH/c1-2-17(8-12(18)16-6-13(19)20)7-9-10(14)4-3-5-11(9)15;/h3-5H,2,6-8H2,1H3,(H,16,18)(H,19,20);1H.